The zero-order chi connectivity index (χ0) is 24.1. The predicted molar refractivity (Wildman–Crippen MR) is 140 cm³/mol. The number of benzene rings is 3. The van der Waals surface area contributed by atoms with Gasteiger partial charge in [-0.1, -0.05) is 55.8 Å². The highest BCUT2D eigenvalue weighted by Gasteiger charge is 2.36. The number of anilines is 1. The van der Waals surface area contributed by atoms with Gasteiger partial charge in [-0.2, -0.15) is 0 Å². The highest BCUT2D eigenvalue weighted by Crippen LogP contribution is 2.37. The molecular formula is C26H23BrN2O4S. The predicted octanol–water partition coefficient (Wildman–Crippen LogP) is 6.46. The third kappa shape index (κ3) is 5.34. The Kier molecular flexibility index (Phi) is 7.70. The largest absolute Gasteiger partial charge is 0.493 e. The molecule has 0 spiro atoms. The molecule has 1 aliphatic heterocycles. The Hall–Kier alpha value is -3.10. The minimum atomic E-state index is -0.496. The van der Waals surface area contributed by atoms with Crippen LogP contribution < -0.4 is 10.1 Å². The maximum absolute atomic E-state index is 13.1. The van der Waals surface area contributed by atoms with Crippen molar-refractivity contribution in [1.82, 2.24) is 4.90 Å². The van der Waals surface area contributed by atoms with Gasteiger partial charge in [0.2, 0.25) is 5.91 Å². The number of carbonyl (C=O) groups is 3. The topological polar surface area (TPSA) is 75.7 Å². The summed E-state index contributed by atoms with van der Waals surface area (Å²) in [5.74, 6) is -0.292. The number of ether oxygens (including phenoxy) is 1. The summed E-state index contributed by atoms with van der Waals surface area (Å²) in [7, 11) is 0. The van der Waals surface area contributed by atoms with Crippen molar-refractivity contribution < 1.29 is 19.1 Å². The van der Waals surface area contributed by atoms with Crippen molar-refractivity contribution >= 4 is 67.3 Å². The first-order valence-corrected chi connectivity index (χ1v) is 12.5. The van der Waals surface area contributed by atoms with Gasteiger partial charge in [0.05, 0.1) is 17.2 Å². The molecule has 3 aromatic rings. The molecular weight excluding hydrogens is 516 g/mol. The van der Waals surface area contributed by atoms with Crippen molar-refractivity contribution in [3.8, 4) is 5.75 Å². The molecule has 0 bridgehead atoms. The van der Waals surface area contributed by atoms with E-state index in [-0.39, 0.29) is 11.4 Å². The number of hydrogen-bond donors (Lipinski definition) is 1. The minimum absolute atomic E-state index is 0.260. The van der Waals surface area contributed by atoms with Gasteiger partial charge in [-0.05, 0) is 69.2 Å². The van der Waals surface area contributed by atoms with E-state index in [1.54, 1.807) is 24.3 Å². The lowest BCUT2D eigenvalue weighted by Crippen LogP contribution is -2.36. The van der Waals surface area contributed by atoms with Gasteiger partial charge < -0.3 is 10.1 Å². The molecule has 0 unspecified atom stereocenters. The van der Waals surface area contributed by atoms with Crippen LogP contribution >= 0.6 is 27.7 Å². The molecule has 6 nitrogen and oxygen atoms in total. The molecule has 8 heteroatoms. The Morgan fingerprint density at radius 3 is 2.65 bits per heavy atom. The van der Waals surface area contributed by atoms with E-state index in [9.17, 15) is 14.4 Å². The SMILES string of the molecule is CCCCOc1ccc2ccccc2c1/C=C1\SC(=O)N(CC(=O)Nc2ccccc2Br)C1=O. The second kappa shape index (κ2) is 10.9. The summed E-state index contributed by atoms with van der Waals surface area (Å²) >= 11 is 4.20. The molecule has 0 saturated carbocycles. The van der Waals surface area contributed by atoms with Crippen LogP contribution in [0.2, 0.25) is 0 Å². The Morgan fingerprint density at radius 2 is 1.85 bits per heavy atom. The lowest BCUT2D eigenvalue weighted by atomic mass is 10.0. The third-order valence-corrected chi connectivity index (χ3v) is 6.88. The number of carbonyl (C=O) groups excluding carboxylic acids is 3. The van der Waals surface area contributed by atoms with Crippen LogP contribution in [0.3, 0.4) is 0 Å². The molecule has 0 aromatic heterocycles. The average molecular weight is 539 g/mol. The number of para-hydroxylation sites is 1. The highest BCUT2D eigenvalue weighted by atomic mass is 79.9. The van der Waals surface area contributed by atoms with Crippen molar-refractivity contribution in [2.24, 2.45) is 0 Å². The van der Waals surface area contributed by atoms with Gasteiger partial charge in [0.15, 0.2) is 0 Å². The van der Waals surface area contributed by atoms with Gasteiger partial charge in [0.1, 0.15) is 12.3 Å². The Bertz CT molecular complexity index is 1290. The third-order valence-electron chi connectivity index (χ3n) is 5.28. The van der Waals surface area contributed by atoms with Gasteiger partial charge in [-0.3, -0.25) is 19.3 Å². The van der Waals surface area contributed by atoms with Crippen LogP contribution in [-0.4, -0.2) is 35.1 Å². The van der Waals surface area contributed by atoms with Gasteiger partial charge in [0, 0.05) is 10.0 Å². The van der Waals surface area contributed by atoms with Crippen LogP contribution in [0.15, 0.2) is 70.0 Å². The Balaban J connectivity index is 1.59. The highest BCUT2D eigenvalue weighted by molar-refractivity contribution is 9.10. The summed E-state index contributed by atoms with van der Waals surface area (Å²) in [6.45, 7) is 2.29. The van der Waals surface area contributed by atoms with Crippen LogP contribution in [0.1, 0.15) is 25.3 Å². The van der Waals surface area contributed by atoms with Crippen molar-refractivity contribution in [3.05, 3.63) is 75.6 Å². The van der Waals surface area contributed by atoms with Gasteiger partial charge in [0.25, 0.3) is 11.1 Å². The minimum Gasteiger partial charge on any atom is -0.493 e. The summed E-state index contributed by atoms with van der Waals surface area (Å²) in [5, 5.41) is 4.17. The molecule has 3 amide bonds. The van der Waals surface area contributed by atoms with Crippen molar-refractivity contribution in [2.45, 2.75) is 19.8 Å². The molecule has 1 saturated heterocycles. The molecule has 1 N–H and O–H groups in total. The number of imide groups is 1. The van der Waals surface area contributed by atoms with Crippen LogP contribution in [0.4, 0.5) is 10.5 Å². The van der Waals surface area contributed by atoms with E-state index in [1.807, 2.05) is 42.5 Å². The molecule has 34 heavy (non-hydrogen) atoms. The second-order valence-corrected chi connectivity index (χ2v) is 9.54. The van der Waals surface area contributed by atoms with E-state index < -0.39 is 17.1 Å². The molecule has 174 valence electrons. The maximum atomic E-state index is 13.1. The van der Waals surface area contributed by atoms with Crippen LogP contribution in [-0.2, 0) is 9.59 Å². The molecule has 1 fully saturated rings. The normalized spacial score (nSPS) is 14.8. The van der Waals surface area contributed by atoms with Gasteiger partial charge in [-0.25, -0.2) is 0 Å². The first-order valence-electron chi connectivity index (χ1n) is 10.9. The lowest BCUT2D eigenvalue weighted by Gasteiger charge is -2.14. The number of hydrogen-bond acceptors (Lipinski definition) is 5. The molecule has 1 aliphatic rings. The quantitative estimate of drug-likeness (QED) is 0.263. The van der Waals surface area contributed by atoms with Crippen molar-refractivity contribution in [1.29, 1.82) is 0 Å². The molecule has 4 rings (SSSR count). The fourth-order valence-corrected chi connectivity index (χ4v) is 4.74. The van der Waals surface area contributed by atoms with E-state index >= 15 is 0 Å². The first-order chi connectivity index (χ1) is 16.5. The molecule has 0 aliphatic carbocycles. The van der Waals surface area contributed by atoms with Crippen LogP contribution in [0.5, 0.6) is 5.75 Å². The summed E-state index contributed by atoms with van der Waals surface area (Å²) in [4.78, 5) is 39.4. The van der Waals surface area contributed by atoms with Gasteiger partial charge >= 0.3 is 0 Å². The summed E-state index contributed by atoms with van der Waals surface area (Å²) < 4.78 is 6.71. The number of rotatable bonds is 8. The number of nitrogens with one attached hydrogen (secondary N) is 1. The number of fused-ring (bicyclic) bond motifs is 1. The fourth-order valence-electron chi connectivity index (χ4n) is 3.54. The number of halogens is 1. The smallest absolute Gasteiger partial charge is 0.294 e. The number of amides is 3. The molecule has 0 atom stereocenters. The zero-order valence-electron chi connectivity index (χ0n) is 18.5. The summed E-state index contributed by atoms with van der Waals surface area (Å²) in [6, 6.07) is 18.8. The average Bonchev–Trinajstić information content (AvgIpc) is 3.09. The molecule has 0 radical (unpaired) electrons. The van der Waals surface area contributed by atoms with E-state index in [0.29, 0.717) is 22.5 Å². The number of thioether (sulfide) groups is 1. The number of nitrogens with zero attached hydrogens (tertiary/aromatic N) is 1. The Labute approximate surface area is 210 Å². The van der Waals surface area contributed by atoms with Crippen LogP contribution in [0.25, 0.3) is 16.8 Å². The zero-order valence-corrected chi connectivity index (χ0v) is 20.9. The fraction of sp³-hybridized carbons (Fsp3) is 0.192. The first kappa shape index (κ1) is 24.0. The summed E-state index contributed by atoms with van der Waals surface area (Å²) in [6.07, 6.45) is 3.61. The lowest BCUT2D eigenvalue weighted by molar-refractivity contribution is -0.127. The molecule has 1 heterocycles. The van der Waals surface area contributed by atoms with E-state index in [1.165, 1.54) is 0 Å². The van der Waals surface area contributed by atoms with Gasteiger partial charge in [-0.15, -0.1) is 0 Å². The van der Waals surface area contributed by atoms with Crippen LogP contribution in [0, 0.1) is 0 Å². The molecule has 3 aromatic carbocycles. The van der Waals surface area contributed by atoms with E-state index in [0.717, 1.165) is 45.8 Å². The number of unbranched alkanes of at least 4 members (excludes halogenated alkanes) is 1. The second-order valence-electron chi connectivity index (χ2n) is 7.70. The Morgan fingerprint density at radius 1 is 1.09 bits per heavy atom. The van der Waals surface area contributed by atoms with E-state index in [4.69, 9.17) is 4.74 Å². The monoisotopic (exact) mass is 538 g/mol. The van der Waals surface area contributed by atoms with E-state index in [2.05, 4.69) is 28.2 Å². The standard InChI is InChI=1S/C26H23BrN2O4S/c1-2-3-14-33-22-13-12-17-8-4-5-9-18(17)19(22)15-23-25(31)29(26(32)34-23)16-24(30)28-21-11-7-6-10-20(21)27/h4-13,15H,2-3,14,16H2,1H3,(H,28,30)/b23-15-. The maximum Gasteiger partial charge on any atom is 0.294 e. The van der Waals surface area contributed by atoms with Crippen molar-refractivity contribution in [3.63, 3.8) is 0 Å². The van der Waals surface area contributed by atoms with Crippen molar-refractivity contribution in [2.75, 3.05) is 18.5 Å². The summed E-state index contributed by atoms with van der Waals surface area (Å²) in [5.41, 5.74) is 1.32.